The van der Waals surface area contributed by atoms with Crippen LogP contribution in [0.5, 0.6) is 5.88 Å². The molecule has 4 aromatic carbocycles. The zero-order chi connectivity index (χ0) is 40.8. The number of unbranched alkanes of at least 4 members (excludes halogenated alkanes) is 2. The van der Waals surface area contributed by atoms with Crippen molar-refractivity contribution in [2.45, 2.75) is 99.6 Å². The van der Waals surface area contributed by atoms with Gasteiger partial charge in [0.25, 0.3) is 5.56 Å². The van der Waals surface area contributed by atoms with E-state index in [2.05, 4.69) is 162 Å². The van der Waals surface area contributed by atoms with E-state index >= 15 is 0 Å². The molecule has 6 rings (SSSR count). The van der Waals surface area contributed by atoms with Gasteiger partial charge in [-0.2, -0.15) is 4.58 Å². The molecule has 296 valence electrons. The van der Waals surface area contributed by atoms with Crippen LogP contribution in [0, 0.1) is 13.8 Å². The predicted octanol–water partition coefficient (Wildman–Crippen LogP) is 11.1. The second kappa shape index (κ2) is 18.1. The van der Waals surface area contributed by atoms with Crippen LogP contribution in [0.25, 0.3) is 27.1 Å². The number of allylic oxidation sites excluding steroid dienone is 8. The largest absolute Gasteiger partial charge is 0.494 e. The number of hydrogen-bond donors (Lipinski definition) is 1. The van der Waals surface area contributed by atoms with E-state index in [0.29, 0.717) is 25.9 Å². The second-order valence-electron chi connectivity index (χ2n) is 15.5. The molecule has 0 amide bonds. The molecule has 0 spiro atoms. The summed E-state index contributed by atoms with van der Waals surface area (Å²) in [4.78, 5) is 30.5. The fourth-order valence-electron chi connectivity index (χ4n) is 8.12. The van der Waals surface area contributed by atoms with Crippen molar-refractivity contribution in [2.24, 2.45) is 0 Å². The van der Waals surface area contributed by atoms with Crippen molar-refractivity contribution < 1.29 is 9.68 Å². The van der Waals surface area contributed by atoms with E-state index < -0.39 is 11.2 Å². The molecule has 0 radical (unpaired) electrons. The van der Waals surface area contributed by atoms with Crippen LogP contribution in [-0.4, -0.2) is 38.6 Å². The van der Waals surface area contributed by atoms with Gasteiger partial charge in [-0.15, -0.1) is 0 Å². The number of hydrogen-bond acceptors (Lipinski definition) is 4. The summed E-state index contributed by atoms with van der Waals surface area (Å²) in [6.45, 7) is 13.3. The lowest BCUT2D eigenvalue weighted by molar-refractivity contribution is -0.404. The van der Waals surface area contributed by atoms with Gasteiger partial charge in [-0.1, -0.05) is 93.4 Å². The van der Waals surface area contributed by atoms with Crippen LogP contribution in [0.4, 0.5) is 11.4 Å². The third-order valence-electron chi connectivity index (χ3n) is 11.8. The molecular formula is C50H59N4O3+. The molecule has 1 aliphatic carbocycles. The zero-order valence-electron chi connectivity index (χ0n) is 35.2. The highest BCUT2D eigenvalue weighted by Crippen LogP contribution is 2.40. The molecule has 1 heterocycles. The maximum atomic E-state index is 14.6. The molecule has 0 aliphatic heterocycles. The quantitative estimate of drug-likeness (QED) is 0.0958. The first-order valence-corrected chi connectivity index (χ1v) is 20.6. The van der Waals surface area contributed by atoms with Crippen LogP contribution in [0.2, 0.25) is 0 Å². The summed E-state index contributed by atoms with van der Waals surface area (Å²) in [6, 6.07) is 25.6. The number of aromatic hydroxyl groups is 1. The summed E-state index contributed by atoms with van der Waals surface area (Å²) in [6.07, 6.45) is 13.9. The van der Waals surface area contributed by atoms with Gasteiger partial charge in [0.15, 0.2) is 5.71 Å². The predicted molar refractivity (Wildman–Crippen MR) is 240 cm³/mol. The van der Waals surface area contributed by atoms with Crippen molar-refractivity contribution in [3.63, 3.8) is 0 Å². The SMILES string of the molecule is CCCCn1c(O)c(C2=C(/C=C/C(C)=[N+](C)c3ccc4ccccc4c3C)CCC/C2=C\C=C(/C)N(C)c2ccc3ccccc3c2C)c(=O)n(CCCC)c1=O. The molecule has 0 atom stereocenters. The smallest absolute Gasteiger partial charge is 0.333 e. The molecule has 0 fully saturated rings. The van der Waals surface area contributed by atoms with Gasteiger partial charge < -0.3 is 10.0 Å². The number of aryl methyl sites for hydroxylation is 2. The van der Waals surface area contributed by atoms with Gasteiger partial charge in [0.1, 0.15) is 12.6 Å². The molecule has 57 heavy (non-hydrogen) atoms. The average Bonchev–Trinajstić information content (AvgIpc) is 3.22. The van der Waals surface area contributed by atoms with E-state index in [1.54, 1.807) is 0 Å². The van der Waals surface area contributed by atoms with Crippen LogP contribution in [0.3, 0.4) is 0 Å². The number of fused-ring (bicyclic) bond motifs is 2. The number of aromatic nitrogens is 2. The Morgan fingerprint density at radius 2 is 1.44 bits per heavy atom. The topological polar surface area (TPSA) is 70.5 Å². The van der Waals surface area contributed by atoms with Crippen molar-refractivity contribution in [2.75, 3.05) is 19.0 Å². The molecule has 1 N–H and O–H groups in total. The molecule has 7 nitrogen and oxygen atoms in total. The van der Waals surface area contributed by atoms with Gasteiger partial charge >= 0.3 is 5.69 Å². The normalized spacial score (nSPS) is 15.0. The highest BCUT2D eigenvalue weighted by molar-refractivity contribution is 5.94. The van der Waals surface area contributed by atoms with E-state index in [4.69, 9.17) is 0 Å². The zero-order valence-corrected chi connectivity index (χ0v) is 35.2. The molecule has 7 heteroatoms. The molecule has 1 aromatic heterocycles. The van der Waals surface area contributed by atoms with Gasteiger partial charge in [-0.3, -0.25) is 13.9 Å². The number of anilines is 1. The minimum absolute atomic E-state index is 0.216. The Labute approximate surface area is 337 Å². The summed E-state index contributed by atoms with van der Waals surface area (Å²) < 4.78 is 4.97. The minimum Gasteiger partial charge on any atom is -0.494 e. The molecule has 0 bridgehead atoms. The summed E-state index contributed by atoms with van der Waals surface area (Å²) in [5.41, 5.74) is 8.76. The molecule has 5 aromatic rings. The molecular weight excluding hydrogens is 705 g/mol. The summed E-state index contributed by atoms with van der Waals surface area (Å²) in [7, 11) is 4.17. The molecule has 0 saturated heterocycles. The monoisotopic (exact) mass is 763 g/mol. The van der Waals surface area contributed by atoms with Crippen LogP contribution in [-0.2, 0) is 13.1 Å². The number of benzene rings is 4. The van der Waals surface area contributed by atoms with E-state index in [0.717, 1.165) is 71.6 Å². The third-order valence-corrected chi connectivity index (χ3v) is 11.8. The van der Waals surface area contributed by atoms with Crippen LogP contribution in [0.1, 0.15) is 89.3 Å². The summed E-state index contributed by atoms with van der Waals surface area (Å²) in [5.74, 6) is -0.242. The molecule has 0 saturated carbocycles. The first-order chi connectivity index (χ1) is 27.5. The lowest BCUT2D eigenvalue weighted by Crippen LogP contribution is -2.41. The highest BCUT2D eigenvalue weighted by Gasteiger charge is 2.28. The number of rotatable bonds is 13. The Hall–Kier alpha value is -5.69. The van der Waals surface area contributed by atoms with E-state index in [-0.39, 0.29) is 11.4 Å². The van der Waals surface area contributed by atoms with Crippen LogP contribution < -0.4 is 16.1 Å². The van der Waals surface area contributed by atoms with Gasteiger partial charge in [0.2, 0.25) is 11.6 Å². The van der Waals surface area contributed by atoms with Crippen molar-refractivity contribution in [3.05, 3.63) is 151 Å². The van der Waals surface area contributed by atoms with Crippen molar-refractivity contribution >= 4 is 44.2 Å². The number of nitrogens with zero attached hydrogens (tertiary/aromatic N) is 4. The van der Waals surface area contributed by atoms with E-state index in [1.165, 1.54) is 41.8 Å². The van der Waals surface area contributed by atoms with Gasteiger partial charge in [-0.25, -0.2) is 4.79 Å². The van der Waals surface area contributed by atoms with Crippen LogP contribution >= 0.6 is 0 Å². The van der Waals surface area contributed by atoms with E-state index in [9.17, 15) is 14.7 Å². The Kier molecular flexibility index (Phi) is 13.0. The average molecular weight is 764 g/mol. The fraction of sp³-hybridized carbons (Fsp3) is 0.340. The highest BCUT2D eigenvalue weighted by atomic mass is 16.3. The van der Waals surface area contributed by atoms with E-state index in [1.807, 2.05) is 0 Å². The van der Waals surface area contributed by atoms with Crippen molar-refractivity contribution in [1.29, 1.82) is 0 Å². The van der Waals surface area contributed by atoms with Gasteiger partial charge in [-0.05, 0) is 115 Å². The Morgan fingerprint density at radius 1 is 0.825 bits per heavy atom. The van der Waals surface area contributed by atoms with Crippen molar-refractivity contribution in [1.82, 2.24) is 9.13 Å². The lowest BCUT2D eigenvalue weighted by Gasteiger charge is -2.25. The van der Waals surface area contributed by atoms with Crippen molar-refractivity contribution in [3.8, 4) is 5.88 Å². The second-order valence-corrected chi connectivity index (χ2v) is 15.5. The first kappa shape index (κ1) is 41.0. The lowest BCUT2D eigenvalue weighted by atomic mass is 9.83. The first-order valence-electron chi connectivity index (χ1n) is 20.6. The molecule has 0 unspecified atom stereocenters. The minimum atomic E-state index is -0.443. The summed E-state index contributed by atoms with van der Waals surface area (Å²) in [5, 5.41) is 16.9. The maximum Gasteiger partial charge on any atom is 0.333 e. The maximum absolute atomic E-state index is 14.6. The Morgan fingerprint density at radius 3 is 2.11 bits per heavy atom. The third kappa shape index (κ3) is 8.39. The van der Waals surface area contributed by atoms with Gasteiger partial charge in [0, 0.05) is 56.2 Å². The van der Waals surface area contributed by atoms with Crippen LogP contribution in [0.15, 0.2) is 124 Å². The Bertz CT molecular complexity index is 2590. The standard InChI is InChI=1S/C50H58N4O3/c1-9-11-32-53-48(55)47(49(56)54(50(53)57)33-12-10-2)46-40(26-24-34(3)51(7)44-30-28-38-18-13-15-22-42(38)36(44)5)20-17-21-41(46)27-25-35(4)52(8)45-31-29-39-19-14-16-23-43(39)37(45)6/h13-16,18-19,22-31H,9-12,17,20-21,32-33H2,1-8H3/p+1/b34-24+,40-26+. The Balaban J connectivity index is 1.52. The van der Waals surface area contributed by atoms with Gasteiger partial charge in [0.05, 0.1) is 0 Å². The summed E-state index contributed by atoms with van der Waals surface area (Å²) >= 11 is 0. The fourth-order valence-corrected chi connectivity index (χ4v) is 8.12. The molecule has 1 aliphatic rings.